The van der Waals surface area contributed by atoms with Gasteiger partial charge in [-0.1, -0.05) is 48.5 Å². The summed E-state index contributed by atoms with van der Waals surface area (Å²) in [5.41, 5.74) is 3.17. The van der Waals surface area contributed by atoms with Gasteiger partial charge in [-0.3, -0.25) is 4.79 Å². The smallest absolute Gasteiger partial charge is 0.450 e. The van der Waals surface area contributed by atoms with Gasteiger partial charge in [0.2, 0.25) is 5.91 Å². The fourth-order valence-corrected chi connectivity index (χ4v) is 4.34. The van der Waals surface area contributed by atoms with Crippen molar-refractivity contribution in [2.75, 3.05) is 0 Å². The zero-order valence-electron chi connectivity index (χ0n) is 13.9. The van der Waals surface area contributed by atoms with Gasteiger partial charge in [0, 0.05) is 6.42 Å². The van der Waals surface area contributed by atoms with E-state index in [1.807, 2.05) is 48.5 Å². The van der Waals surface area contributed by atoms with E-state index in [9.17, 15) is 14.7 Å². The Balaban J connectivity index is 1.90. The van der Waals surface area contributed by atoms with Crippen molar-refractivity contribution in [3.63, 3.8) is 0 Å². The normalized spacial score (nSPS) is 21.2. The largest absolute Gasteiger partial charge is 0.506 e. The maximum Gasteiger partial charge on any atom is 0.506 e. The molecule has 0 bridgehead atoms. The Bertz CT molecular complexity index is 817. The van der Waals surface area contributed by atoms with Crippen molar-refractivity contribution in [2.24, 2.45) is 0 Å². The van der Waals surface area contributed by atoms with E-state index < -0.39 is 11.8 Å². The lowest BCUT2D eigenvalue weighted by Crippen LogP contribution is -2.53. The minimum atomic E-state index is -1.33. The molecule has 0 aromatic heterocycles. The molecule has 0 saturated carbocycles. The molecule has 2 N–H and O–H groups in total. The Labute approximate surface area is 145 Å². The van der Waals surface area contributed by atoms with Gasteiger partial charge < -0.3 is 15.2 Å². The predicted molar refractivity (Wildman–Crippen MR) is 92.4 cm³/mol. The highest BCUT2D eigenvalue weighted by atomic mass is 16.7. The standard InChI is InChI=1S/C20H19NO4/c1-20(25-19(23)24,16-10-11-17(22)21-16)18-14-8-4-2-6-12(14)13-7-3-5-9-15(13)18/h2-9,16,18H,10-11H2,1H3,(H,21,22)(H,23,24). The highest BCUT2D eigenvalue weighted by Gasteiger charge is 2.52. The van der Waals surface area contributed by atoms with Crippen LogP contribution in [0.1, 0.15) is 36.8 Å². The van der Waals surface area contributed by atoms with Gasteiger partial charge in [0.25, 0.3) is 0 Å². The van der Waals surface area contributed by atoms with E-state index in [1.54, 1.807) is 6.92 Å². The Morgan fingerprint density at radius 2 is 1.68 bits per heavy atom. The van der Waals surface area contributed by atoms with Crippen LogP contribution >= 0.6 is 0 Å². The molecule has 2 aliphatic rings. The SMILES string of the molecule is CC(OC(=O)O)(C1CCC(=O)N1)C1c2ccccc2-c2ccccc21. The van der Waals surface area contributed by atoms with Crippen LogP contribution in [0.5, 0.6) is 0 Å². The van der Waals surface area contributed by atoms with Crippen molar-refractivity contribution in [3.05, 3.63) is 59.7 Å². The number of hydrogen-bond donors (Lipinski definition) is 2. The van der Waals surface area contributed by atoms with Crippen LogP contribution in [0.15, 0.2) is 48.5 Å². The summed E-state index contributed by atoms with van der Waals surface area (Å²) in [5, 5.41) is 12.3. The van der Waals surface area contributed by atoms with Crippen LogP contribution in [0.2, 0.25) is 0 Å². The summed E-state index contributed by atoms with van der Waals surface area (Å²) in [6.07, 6.45) is -0.381. The van der Waals surface area contributed by atoms with Crippen molar-refractivity contribution in [3.8, 4) is 11.1 Å². The highest BCUT2D eigenvalue weighted by molar-refractivity contribution is 5.81. The number of fused-ring (bicyclic) bond motifs is 3. The van der Waals surface area contributed by atoms with Crippen molar-refractivity contribution < 1.29 is 19.4 Å². The molecule has 25 heavy (non-hydrogen) atoms. The molecule has 2 atom stereocenters. The fraction of sp³-hybridized carbons (Fsp3) is 0.300. The van der Waals surface area contributed by atoms with Crippen LogP contribution < -0.4 is 5.32 Å². The van der Waals surface area contributed by atoms with Crippen LogP contribution in [0.25, 0.3) is 11.1 Å². The molecule has 128 valence electrons. The number of carbonyl (C=O) groups excluding carboxylic acids is 1. The second-order valence-corrected chi connectivity index (χ2v) is 6.82. The fourth-order valence-electron chi connectivity index (χ4n) is 4.34. The van der Waals surface area contributed by atoms with E-state index in [-0.39, 0.29) is 17.9 Å². The number of rotatable bonds is 3. The third-order valence-electron chi connectivity index (χ3n) is 5.40. The lowest BCUT2D eigenvalue weighted by Gasteiger charge is -2.39. The number of carbonyl (C=O) groups is 2. The molecule has 0 spiro atoms. The lowest BCUT2D eigenvalue weighted by atomic mass is 9.76. The number of hydrogen-bond acceptors (Lipinski definition) is 3. The summed E-state index contributed by atoms with van der Waals surface area (Å²) in [4.78, 5) is 23.3. The average molecular weight is 337 g/mol. The molecular formula is C20H19NO4. The monoisotopic (exact) mass is 337 g/mol. The molecule has 1 fully saturated rings. The van der Waals surface area contributed by atoms with E-state index in [0.29, 0.717) is 12.8 Å². The number of nitrogens with one attached hydrogen (secondary N) is 1. The van der Waals surface area contributed by atoms with E-state index in [0.717, 1.165) is 22.3 Å². The first-order chi connectivity index (χ1) is 12.0. The zero-order chi connectivity index (χ0) is 17.6. The van der Waals surface area contributed by atoms with Crippen LogP contribution in [-0.2, 0) is 9.53 Å². The average Bonchev–Trinajstić information content (AvgIpc) is 3.16. The third-order valence-corrected chi connectivity index (χ3v) is 5.40. The van der Waals surface area contributed by atoms with Crippen molar-refractivity contribution in [1.29, 1.82) is 0 Å². The van der Waals surface area contributed by atoms with Gasteiger partial charge in [-0.05, 0) is 35.6 Å². The van der Waals surface area contributed by atoms with Gasteiger partial charge in [0.05, 0.1) is 12.0 Å². The Kier molecular flexibility index (Phi) is 3.53. The molecular weight excluding hydrogens is 318 g/mol. The first kappa shape index (κ1) is 15.7. The molecule has 1 heterocycles. The Hall–Kier alpha value is -2.82. The topological polar surface area (TPSA) is 75.6 Å². The molecule has 0 radical (unpaired) electrons. The lowest BCUT2D eigenvalue weighted by molar-refractivity contribution is -0.120. The molecule has 2 aromatic rings. The third kappa shape index (κ3) is 2.38. The van der Waals surface area contributed by atoms with E-state index >= 15 is 0 Å². The second-order valence-electron chi connectivity index (χ2n) is 6.82. The molecule has 5 heteroatoms. The minimum absolute atomic E-state index is 0.0650. The second kappa shape index (κ2) is 5.62. The van der Waals surface area contributed by atoms with Crippen LogP contribution in [0.4, 0.5) is 4.79 Å². The molecule has 4 rings (SSSR count). The summed E-state index contributed by atoms with van der Waals surface area (Å²) in [7, 11) is 0. The minimum Gasteiger partial charge on any atom is -0.450 e. The first-order valence-electron chi connectivity index (χ1n) is 8.40. The number of ether oxygens (including phenoxy) is 1. The molecule has 5 nitrogen and oxygen atoms in total. The molecule has 1 aliphatic heterocycles. The molecule has 1 aliphatic carbocycles. The maximum absolute atomic E-state index is 11.8. The molecule has 1 saturated heterocycles. The van der Waals surface area contributed by atoms with Crippen LogP contribution in [-0.4, -0.2) is 28.8 Å². The molecule has 1 amide bonds. The van der Waals surface area contributed by atoms with Gasteiger partial charge in [-0.15, -0.1) is 0 Å². The van der Waals surface area contributed by atoms with Gasteiger partial charge in [-0.25, -0.2) is 4.79 Å². The molecule has 2 unspecified atom stereocenters. The Morgan fingerprint density at radius 1 is 1.12 bits per heavy atom. The summed E-state index contributed by atoms with van der Waals surface area (Å²) in [6.45, 7) is 1.79. The maximum atomic E-state index is 11.8. The Morgan fingerprint density at radius 3 is 2.16 bits per heavy atom. The van der Waals surface area contributed by atoms with E-state index in [4.69, 9.17) is 4.74 Å². The quantitative estimate of drug-likeness (QED) is 0.840. The molecule has 2 aromatic carbocycles. The van der Waals surface area contributed by atoms with Gasteiger partial charge in [0.1, 0.15) is 5.60 Å². The van der Waals surface area contributed by atoms with Crippen molar-refractivity contribution in [2.45, 2.75) is 37.3 Å². The van der Waals surface area contributed by atoms with E-state index in [2.05, 4.69) is 5.32 Å². The van der Waals surface area contributed by atoms with Gasteiger partial charge >= 0.3 is 6.16 Å². The number of amides is 1. The van der Waals surface area contributed by atoms with Gasteiger partial charge in [-0.2, -0.15) is 0 Å². The number of benzene rings is 2. The summed E-state index contributed by atoms with van der Waals surface area (Å²) >= 11 is 0. The van der Waals surface area contributed by atoms with Crippen LogP contribution in [0.3, 0.4) is 0 Å². The zero-order valence-corrected chi connectivity index (χ0v) is 13.9. The summed E-state index contributed by atoms with van der Waals surface area (Å²) < 4.78 is 5.47. The van der Waals surface area contributed by atoms with E-state index in [1.165, 1.54) is 0 Å². The summed E-state index contributed by atoms with van der Waals surface area (Å²) in [5.74, 6) is -0.329. The van der Waals surface area contributed by atoms with Crippen LogP contribution in [0, 0.1) is 0 Å². The van der Waals surface area contributed by atoms with Crippen molar-refractivity contribution >= 4 is 12.1 Å². The first-order valence-corrected chi connectivity index (χ1v) is 8.40. The van der Waals surface area contributed by atoms with Crippen molar-refractivity contribution in [1.82, 2.24) is 5.32 Å². The number of carboxylic acid groups (broad SMARTS) is 1. The van der Waals surface area contributed by atoms with Gasteiger partial charge in [0.15, 0.2) is 0 Å². The highest BCUT2D eigenvalue weighted by Crippen LogP contribution is 2.52. The predicted octanol–water partition coefficient (Wildman–Crippen LogP) is 3.53. The summed E-state index contributed by atoms with van der Waals surface area (Å²) in [6, 6.07) is 15.6.